The molecule has 2 aromatic carbocycles. The van der Waals surface area contributed by atoms with E-state index in [1.54, 1.807) is 11.3 Å². The fourth-order valence-corrected chi connectivity index (χ4v) is 5.24. The van der Waals surface area contributed by atoms with Gasteiger partial charge in [0, 0.05) is 48.5 Å². The quantitative estimate of drug-likeness (QED) is 0.565. The van der Waals surface area contributed by atoms with Crippen molar-refractivity contribution in [1.29, 1.82) is 0 Å². The van der Waals surface area contributed by atoms with Crippen LogP contribution in [0.1, 0.15) is 23.4 Å². The molecule has 3 aromatic rings. The second kappa shape index (κ2) is 9.98. The predicted molar refractivity (Wildman–Crippen MR) is 130 cm³/mol. The van der Waals surface area contributed by atoms with Gasteiger partial charge in [-0.05, 0) is 55.1 Å². The van der Waals surface area contributed by atoms with Crippen molar-refractivity contribution in [2.45, 2.75) is 25.9 Å². The largest absolute Gasteiger partial charge is 0.369 e. The summed E-state index contributed by atoms with van der Waals surface area (Å²) in [6.45, 7) is 8.01. The third-order valence-electron chi connectivity index (χ3n) is 5.77. The highest BCUT2D eigenvalue weighted by molar-refractivity contribution is 7.10. The number of carbonyl (C=O) groups excluding carboxylic acids is 1. The summed E-state index contributed by atoms with van der Waals surface area (Å²) in [5.41, 5.74) is 3.21. The molecule has 162 valence electrons. The monoisotopic (exact) mass is 434 g/mol. The average Bonchev–Trinajstić information content (AvgIpc) is 3.29. The van der Waals surface area contributed by atoms with Crippen LogP contribution in [0.4, 0.5) is 16.2 Å². The summed E-state index contributed by atoms with van der Waals surface area (Å²) < 4.78 is 0. The summed E-state index contributed by atoms with van der Waals surface area (Å²) >= 11 is 1.76. The molecular weight excluding hydrogens is 404 g/mol. The number of thiophene rings is 1. The van der Waals surface area contributed by atoms with Crippen LogP contribution in [0.5, 0.6) is 0 Å². The zero-order chi connectivity index (χ0) is 21.6. The average molecular weight is 435 g/mol. The van der Waals surface area contributed by atoms with E-state index in [2.05, 4.69) is 75.2 Å². The normalized spacial score (nSPS) is 16.5. The molecule has 2 N–H and O–H groups in total. The van der Waals surface area contributed by atoms with Crippen molar-refractivity contribution >= 4 is 28.7 Å². The highest BCUT2D eigenvalue weighted by Gasteiger charge is 2.31. The fourth-order valence-electron chi connectivity index (χ4n) is 4.27. The van der Waals surface area contributed by atoms with Crippen LogP contribution in [0.2, 0.25) is 0 Å². The van der Waals surface area contributed by atoms with Crippen molar-refractivity contribution in [3.05, 3.63) is 82.6 Å². The highest BCUT2D eigenvalue weighted by atomic mass is 32.1. The smallest absolute Gasteiger partial charge is 0.319 e. The van der Waals surface area contributed by atoms with Crippen molar-refractivity contribution in [3.8, 4) is 0 Å². The Morgan fingerprint density at radius 3 is 2.42 bits per heavy atom. The summed E-state index contributed by atoms with van der Waals surface area (Å²) in [4.78, 5) is 18.9. The summed E-state index contributed by atoms with van der Waals surface area (Å²) in [7, 11) is 0. The minimum atomic E-state index is -0.164. The van der Waals surface area contributed by atoms with Gasteiger partial charge in [-0.2, -0.15) is 0 Å². The number of benzene rings is 2. The molecule has 1 fully saturated rings. The van der Waals surface area contributed by atoms with Crippen LogP contribution >= 0.6 is 11.3 Å². The Hall–Kier alpha value is -2.83. The zero-order valence-electron chi connectivity index (χ0n) is 18.1. The molecule has 0 unspecified atom stereocenters. The number of aryl methyl sites for hydroxylation is 1. The number of amides is 2. The van der Waals surface area contributed by atoms with Crippen LogP contribution < -0.4 is 15.5 Å². The van der Waals surface area contributed by atoms with Crippen LogP contribution in [0.25, 0.3) is 0 Å². The van der Waals surface area contributed by atoms with Crippen molar-refractivity contribution in [2.75, 3.05) is 36.4 Å². The number of piperazine rings is 1. The molecular formula is C25H30N4OS. The lowest BCUT2D eigenvalue weighted by molar-refractivity contribution is 0.157. The van der Waals surface area contributed by atoms with Gasteiger partial charge in [-0.15, -0.1) is 11.3 Å². The SMILES string of the molecule is Cc1cccc(NC(=O)N[C@H](C)[C@H](c2cccs2)N2CCN(c3ccccc3)CC2)c1. The predicted octanol–water partition coefficient (Wildman–Crippen LogP) is 5.13. The first-order valence-corrected chi connectivity index (χ1v) is 11.7. The topological polar surface area (TPSA) is 47.6 Å². The molecule has 0 bridgehead atoms. The van der Waals surface area contributed by atoms with Gasteiger partial charge < -0.3 is 15.5 Å². The second-order valence-electron chi connectivity index (χ2n) is 8.08. The molecule has 4 rings (SSSR count). The summed E-state index contributed by atoms with van der Waals surface area (Å²) in [6.07, 6.45) is 0. The Bertz CT molecular complexity index is 968. The molecule has 31 heavy (non-hydrogen) atoms. The maximum absolute atomic E-state index is 12.7. The lowest BCUT2D eigenvalue weighted by atomic mass is 10.0. The first-order valence-electron chi connectivity index (χ1n) is 10.8. The molecule has 1 saturated heterocycles. The van der Waals surface area contributed by atoms with Gasteiger partial charge in [0.1, 0.15) is 0 Å². The Morgan fingerprint density at radius 1 is 0.968 bits per heavy atom. The Labute approximate surface area is 188 Å². The van der Waals surface area contributed by atoms with Gasteiger partial charge >= 0.3 is 6.03 Å². The molecule has 1 aromatic heterocycles. The number of rotatable bonds is 6. The lowest BCUT2D eigenvalue weighted by Gasteiger charge is -2.42. The first kappa shape index (κ1) is 21.4. The van der Waals surface area contributed by atoms with E-state index in [0.717, 1.165) is 37.4 Å². The Balaban J connectivity index is 1.41. The van der Waals surface area contributed by atoms with E-state index < -0.39 is 0 Å². The van der Waals surface area contributed by atoms with E-state index >= 15 is 0 Å². The van der Waals surface area contributed by atoms with E-state index in [9.17, 15) is 4.79 Å². The molecule has 0 aliphatic carbocycles. The standard InChI is InChI=1S/C25H30N4OS/c1-19-8-6-9-21(18-19)27-25(30)26-20(2)24(23-12-7-17-31-23)29-15-13-28(14-16-29)22-10-4-3-5-11-22/h3-12,17-18,20,24H,13-16H2,1-2H3,(H2,26,27,30)/t20-,24-/m1/s1. The maximum atomic E-state index is 12.7. The van der Waals surface area contributed by atoms with Gasteiger partial charge in [0.2, 0.25) is 0 Å². The first-order chi connectivity index (χ1) is 15.1. The third kappa shape index (κ3) is 5.46. The number of hydrogen-bond donors (Lipinski definition) is 2. The van der Waals surface area contributed by atoms with Crippen LogP contribution in [0, 0.1) is 6.92 Å². The van der Waals surface area contributed by atoms with E-state index in [0.29, 0.717) is 0 Å². The number of nitrogens with one attached hydrogen (secondary N) is 2. The Kier molecular flexibility index (Phi) is 6.89. The summed E-state index contributed by atoms with van der Waals surface area (Å²) in [6, 6.07) is 22.7. The van der Waals surface area contributed by atoms with Crippen LogP contribution in [0.15, 0.2) is 72.1 Å². The Morgan fingerprint density at radius 2 is 1.74 bits per heavy atom. The van der Waals surface area contributed by atoms with Crippen LogP contribution in [-0.4, -0.2) is 43.2 Å². The van der Waals surface area contributed by atoms with Crippen molar-refractivity contribution in [2.24, 2.45) is 0 Å². The molecule has 5 nitrogen and oxygen atoms in total. The lowest BCUT2D eigenvalue weighted by Crippen LogP contribution is -2.52. The van der Waals surface area contributed by atoms with Crippen molar-refractivity contribution in [1.82, 2.24) is 10.2 Å². The van der Waals surface area contributed by atoms with E-state index in [1.165, 1.54) is 10.6 Å². The van der Waals surface area contributed by atoms with Gasteiger partial charge in [-0.25, -0.2) is 4.79 Å². The molecule has 0 spiro atoms. The number of nitrogens with zero attached hydrogens (tertiary/aromatic N) is 2. The summed E-state index contributed by atoms with van der Waals surface area (Å²) in [5, 5.41) is 8.26. The molecule has 6 heteroatoms. The maximum Gasteiger partial charge on any atom is 0.319 e. The van der Waals surface area contributed by atoms with Gasteiger partial charge in [-0.3, -0.25) is 4.90 Å². The molecule has 0 radical (unpaired) electrons. The third-order valence-corrected chi connectivity index (χ3v) is 6.71. The van der Waals surface area contributed by atoms with E-state index in [-0.39, 0.29) is 18.1 Å². The van der Waals surface area contributed by atoms with Gasteiger partial charge in [0.25, 0.3) is 0 Å². The van der Waals surface area contributed by atoms with Crippen LogP contribution in [0.3, 0.4) is 0 Å². The molecule has 2 amide bonds. The van der Waals surface area contributed by atoms with Gasteiger partial charge in [-0.1, -0.05) is 36.4 Å². The van der Waals surface area contributed by atoms with Gasteiger partial charge in [0.05, 0.1) is 6.04 Å². The molecule has 0 saturated carbocycles. The number of urea groups is 1. The second-order valence-corrected chi connectivity index (χ2v) is 9.05. The fraction of sp³-hybridized carbons (Fsp3) is 0.320. The number of anilines is 2. The molecule has 1 aliphatic rings. The number of para-hydroxylation sites is 1. The van der Waals surface area contributed by atoms with E-state index in [4.69, 9.17) is 0 Å². The minimum absolute atomic E-state index is 0.0215. The minimum Gasteiger partial charge on any atom is -0.369 e. The molecule has 2 atom stereocenters. The molecule has 2 heterocycles. The number of hydrogen-bond acceptors (Lipinski definition) is 4. The van der Waals surface area contributed by atoms with Crippen LogP contribution in [-0.2, 0) is 0 Å². The van der Waals surface area contributed by atoms with Gasteiger partial charge in [0.15, 0.2) is 0 Å². The number of carbonyl (C=O) groups is 1. The van der Waals surface area contributed by atoms with Crippen molar-refractivity contribution in [3.63, 3.8) is 0 Å². The van der Waals surface area contributed by atoms with Crippen molar-refractivity contribution < 1.29 is 4.79 Å². The highest BCUT2D eigenvalue weighted by Crippen LogP contribution is 2.30. The molecule has 1 aliphatic heterocycles. The summed E-state index contributed by atoms with van der Waals surface area (Å²) in [5.74, 6) is 0. The zero-order valence-corrected chi connectivity index (χ0v) is 18.9. The van der Waals surface area contributed by atoms with E-state index in [1.807, 2.05) is 31.2 Å².